The molecule has 0 atom stereocenters. The lowest BCUT2D eigenvalue weighted by atomic mass is 10.0. The first-order valence-electron chi connectivity index (χ1n) is 13.5. The molecule has 6 nitrogen and oxygen atoms in total. The van der Waals surface area contributed by atoms with Crippen LogP contribution < -0.4 is 4.74 Å². The second-order valence-corrected chi connectivity index (χ2v) is 10.4. The van der Waals surface area contributed by atoms with E-state index in [2.05, 4.69) is 99.5 Å². The third-order valence-corrected chi connectivity index (χ3v) is 7.61. The maximum Gasteiger partial charge on any atom is 0.149 e. The van der Waals surface area contributed by atoms with Crippen molar-refractivity contribution in [3.63, 3.8) is 0 Å². The summed E-state index contributed by atoms with van der Waals surface area (Å²) in [6.07, 6.45) is 5.66. The molecule has 0 N–H and O–H groups in total. The summed E-state index contributed by atoms with van der Waals surface area (Å²) in [5.74, 6) is 2.52. The van der Waals surface area contributed by atoms with Gasteiger partial charge in [-0.25, -0.2) is 15.0 Å². The minimum Gasteiger partial charge on any atom is -0.455 e. The number of nitrogens with zero attached hydrogens (tertiary/aromatic N) is 5. The standard InChI is InChI=1S/C34H25N5O/c1-21(2)32-30(20-26-33(37-32)25-10-4-5-11-27(25)38-18-17-36-34(26)38)40-22-14-15-24-23-9-3-6-12-28(23)39(29(24)19-22)31-13-7-8-16-35-31/h3-21H,1-2H3. The molecule has 0 saturated carbocycles. The highest BCUT2D eigenvalue weighted by atomic mass is 16.5. The first-order chi connectivity index (χ1) is 19.7. The summed E-state index contributed by atoms with van der Waals surface area (Å²) in [6, 6.07) is 31.1. The predicted molar refractivity (Wildman–Crippen MR) is 161 cm³/mol. The Bertz CT molecular complexity index is 2230. The van der Waals surface area contributed by atoms with Gasteiger partial charge in [-0.2, -0.15) is 0 Å². The normalized spacial score (nSPS) is 12.0. The van der Waals surface area contributed by atoms with E-state index in [1.807, 2.05) is 42.9 Å². The lowest BCUT2D eigenvalue weighted by Crippen LogP contribution is -2.01. The highest BCUT2D eigenvalue weighted by molar-refractivity contribution is 6.11. The molecular formula is C34H25N5O. The molecule has 5 heterocycles. The summed E-state index contributed by atoms with van der Waals surface area (Å²) >= 11 is 0. The van der Waals surface area contributed by atoms with Crippen molar-refractivity contribution in [2.24, 2.45) is 0 Å². The lowest BCUT2D eigenvalue weighted by molar-refractivity contribution is 0.470. The number of pyridine rings is 3. The molecule has 0 bridgehead atoms. The van der Waals surface area contributed by atoms with Gasteiger partial charge in [0.05, 0.1) is 27.8 Å². The Kier molecular flexibility index (Phi) is 4.91. The molecule has 0 spiro atoms. The molecule has 6 heteroatoms. The molecule has 0 aliphatic rings. The van der Waals surface area contributed by atoms with Crippen molar-refractivity contribution in [1.29, 1.82) is 0 Å². The minimum absolute atomic E-state index is 0.165. The molecule has 8 aromatic rings. The van der Waals surface area contributed by atoms with Gasteiger partial charge in [-0.15, -0.1) is 0 Å². The number of benzene rings is 3. The van der Waals surface area contributed by atoms with Crippen molar-refractivity contribution in [3.8, 4) is 17.3 Å². The first-order valence-corrected chi connectivity index (χ1v) is 13.5. The Morgan fingerprint density at radius 2 is 1.45 bits per heavy atom. The number of aromatic nitrogens is 5. The maximum atomic E-state index is 6.68. The van der Waals surface area contributed by atoms with E-state index < -0.39 is 0 Å². The van der Waals surface area contributed by atoms with Crippen molar-refractivity contribution in [3.05, 3.63) is 115 Å². The molecule has 0 aliphatic heterocycles. The molecule has 8 rings (SSSR count). The monoisotopic (exact) mass is 519 g/mol. The fourth-order valence-electron chi connectivity index (χ4n) is 5.84. The van der Waals surface area contributed by atoms with E-state index in [1.54, 1.807) is 0 Å². The van der Waals surface area contributed by atoms with Crippen LogP contribution in [0.2, 0.25) is 0 Å². The molecule has 0 radical (unpaired) electrons. The van der Waals surface area contributed by atoms with Crippen LogP contribution in [0.25, 0.3) is 55.1 Å². The van der Waals surface area contributed by atoms with Gasteiger partial charge in [0, 0.05) is 46.2 Å². The van der Waals surface area contributed by atoms with Gasteiger partial charge < -0.3 is 4.74 Å². The number of imidazole rings is 1. The summed E-state index contributed by atoms with van der Waals surface area (Å²) in [4.78, 5) is 14.5. The Balaban J connectivity index is 1.35. The van der Waals surface area contributed by atoms with Gasteiger partial charge >= 0.3 is 0 Å². The van der Waals surface area contributed by atoms with Crippen LogP contribution in [0.15, 0.2) is 110 Å². The minimum atomic E-state index is 0.165. The van der Waals surface area contributed by atoms with Crippen LogP contribution in [0.1, 0.15) is 25.5 Å². The van der Waals surface area contributed by atoms with Crippen LogP contribution >= 0.6 is 0 Å². The highest BCUT2D eigenvalue weighted by Gasteiger charge is 2.19. The van der Waals surface area contributed by atoms with Gasteiger partial charge in [0.2, 0.25) is 0 Å². The van der Waals surface area contributed by atoms with E-state index >= 15 is 0 Å². The predicted octanol–water partition coefficient (Wildman–Crippen LogP) is 8.44. The number of hydrogen-bond acceptors (Lipinski definition) is 4. The van der Waals surface area contributed by atoms with Crippen LogP contribution in [0, 0.1) is 0 Å². The second-order valence-electron chi connectivity index (χ2n) is 10.4. The van der Waals surface area contributed by atoms with Crippen molar-refractivity contribution < 1.29 is 4.74 Å². The quantitative estimate of drug-likeness (QED) is 0.219. The van der Waals surface area contributed by atoms with Crippen molar-refractivity contribution in [1.82, 2.24) is 23.9 Å². The largest absolute Gasteiger partial charge is 0.455 e. The fourth-order valence-corrected chi connectivity index (χ4v) is 5.84. The smallest absolute Gasteiger partial charge is 0.149 e. The van der Waals surface area contributed by atoms with Crippen molar-refractivity contribution in [2.45, 2.75) is 19.8 Å². The van der Waals surface area contributed by atoms with E-state index in [0.29, 0.717) is 0 Å². The summed E-state index contributed by atoms with van der Waals surface area (Å²) in [5.41, 5.74) is 5.96. The van der Waals surface area contributed by atoms with Crippen molar-refractivity contribution in [2.75, 3.05) is 0 Å². The van der Waals surface area contributed by atoms with E-state index in [1.165, 1.54) is 5.39 Å². The Hall–Kier alpha value is -5.23. The van der Waals surface area contributed by atoms with Crippen LogP contribution in [0.5, 0.6) is 11.5 Å². The van der Waals surface area contributed by atoms with Crippen LogP contribution in [0.3, 0.4) is 0 Å². The fraction of sp³-hybridized carbons (Fsp3) is 0.0882. The van der Waals surface area contributed by atoms with E-state index in [4.69, 9.17) is 9.72 Å². The summed E-state index contributed by atoms with van der Waals surface area (Å²) in [7, 11) is 0. The van der Waals surface area contributed by atoms with E-state index in [9.17, 15) is 0 Å². The average Bonchev–Trinajstić information content (AvgIpc) is 3.61. The molecule has 0 amide bonds. The molecule has 192 valence electrons. The van der Waals surface area contributed by atoms with Gasteiger partial charge in [-0.1, -0.05) is 56.3 Å². The number of fused-ring (bicyclic) bond motifs is 9. The number of hydrogen-bond donors (Lipinski definition) is 0. The zero-order chi connectivity index (χ0) is 26.8. The zero-order valence-corrected chi connectivity index (χ0v) is 22.1. The number of para-hydroxylation sites is 2. The lowest BCUT2D eigenvalue weighted by Gasteiger charge is -2.16. The van der Waals surface area contributed by atoms with Gasteiger partial charge in [-0.3, -0.25) is 8.97 Å². The maximum absolute atomic E-state index is 6.68. The average molecular weight is 520 g/mol. The topological polar surface area (TPSA) is 57.2 Å². The van der Waals surface area contributed by atoms with Crippen LogP contribution in [-0.4, -0.2) is 23.9 Å². The van der Waals surface area contributed by atoms with Crippen molar-refractivity contribution >= 4 is 49.3 Å². The van der Waals surface area contributed by atoms with Crippen LogP contribution in [0.4, 0.5) is 0 Å². The third kappa shape index (κ3) is 3.32. The molecule has 40 heavy (non-hydrogen) atoms. The second kappa shape index (κ2) is 8.64. The molecule has 3 aromatic carbocycles. The molecule has 0 aliphatic carbocycles. The number of rotatable bonds is 4. The van der Waals surface area contributed by atoms with Gasteiger partial charge in [0.25, 0.3) is 0 Å². The number of ether oxygens (including phenoxy) is 1. The Morgan fingerprint density at radius 1 is 0.675 bits per heavy atom. The molecule has 0 saturated heterocycles. The summed E-state index contributed by atoms with van der Waals surface area (Å²) in [5, 5.41) is 4.39. The Labute approximate surface area is 230 Å². The highest BCUT2D eigenvalue weighted by Crippen LogP contribution is 2.39. The van der Waals surface area contributed by atoms with Gasteiger partial charge in [-0.05, 0) is 48.4 Å². The summed E-state index contributed by atoms with van der Waals surface area (Å²) in [6.45, 7) is 4.30. The summed E-state index contributed by atoms with van der Waals surface area (Å²) < 4.78 is 11.0. The van der Waals surface area contributed by atoms with Gasteiger partial charge in [0.1, 0.15) is 23.0 Å². The van der Waals surface area contributed by atoms with Gasteiger partial charge in [0.15, 0.2) is 0 Å². The Morgan fingerprint density at radius 3 is 2.27 bits per heavy atom. The molecule has 0 fully saturated rings. The zero-order valence-electron chi connectivity index (χ0n) is 22.1. The first kappa shape index (κ1) is 22.7. The third-order valence-electron chi connectivity index (χ3n) is 7.61. The molecule has 0 unspecified atom stereocenters. The molecular weight excluding hydrogens is 494 g/mol. The van der Waals surface area contributed by atoms with E-state index in [0.717, 1.165) is 66.9 Å². The SMILES string of the molecule is CC(C)c1nc2c3ccccc3n3ccnc3c2cc1Oc1ccc2c3ccccc3n(-c3ccccn3)c2c1. The van der Waals surface area contributed by atoms with E-state index in [-0.39, 0.29) is 5.92 Å². The van der Waals surface area contributed by atoms with Crippen LogP contribution in [-0.2, 0) is 0 Å². The molecule has 5 aromatic heterocycles.